The molecular weight excluding hydrogens is 649 g/mol. The molecule has 0 saturated heterocycles. The van der Waals surface area contributed by atoms with Crippen LogP contribution in [-0.2, 0) is 0 Å². The quantitative estimate of drug-likeness (QED) is 0.0494. The molecule has 1 nitrogen and oxygen atoms in total. The standard InChI is InChI=1S/C24H51N.3C6H13.CH3.Sn/c1-3-5-7-9-11-13-15-17-19-21-23-25-24-22-20-18-16-14-12-10-8-6-4-2;3*1-3-5-6-4-2;;/h25H,3-24H2,1-2H3;3*1,3-6H2,2H3;1H3;. The van der Waals surface area contributed by atoms with E-state index < -0.39 is 18.4 Å². The Bertz CT molecular complexity index is 439. The van der Waals surface area contributed by atoms with Crippen molar-refractivity contribution >= 4 is 18.4 Å². The van der Waals surface area contributed by atoms with Crippen LogP contribution in [-0.4, -0.2) is 31.5 Å². The molecule has 0 unspecified atom stereocenters. The van der Waals surface area contributed by atoms with Gasteiger partial charge in [0.15, 0.2) is 0 Å². The van der Waals surface area contributed by atoms with Crippen LogP contribution in [0.25, 0.3) is 0 Å². The van der Waals surface area contributed by atoms with E-state index in [0.717, 1.165) is 0 Å². The van der Waals surface area contributed by atoms with E-state index in [-0.39, 0.29) is 0 Å². The molecule has 0 aromatic carbocycles. The van der Waals surface area contributed by atoms with E-state index in [1.807, 2.05) is 0 Å². The summed E-state index contributed by atoms with van der Waals surface area (Å²) in [6, 6.07) is 0. The molecule has 1 N–H and O–H groups in total. The Labute approximate surface area is 293 Å². The first kappa shape index (κ1) is 47.9. The summed E-state index contributed by atoms with van der Waals surface area (Å²) in [7, 11) is 0. The molecule has 0 aromatic heterocycles. The summed E-state index contributed by atoms with van der Waals surface area (Å²) < 4.78 is 5.06. The van der Waals surface area contributed by atoms with Crippen molar-refractivity contribution in [2.24, 2.45) is 0 Å². The van der Waals surface area contributed by atoms with Gasteiger partial charge in [0.1, 0.15) is 0 Å². The van der Waals surface area contributed by atoms with Gasteiger partial charge in [0, 0.05) is 0 Å². The van der Waals surface area contributed by atoms with Gasteiger partial charge in [-0.3, -0.25) is 0 Å². The van der Waals surface area contributed by atoms with Crippen molar-refractivity contribution < 1.29 is 0 Å². The summed E-state index contributed by atoms with van der Waals surface area (Å²) in [5.74, 6) is 0. The second kappa shape index (κ2) is 42.8. The molecule has 0 aromatic rings. The molecule has 0 fully saturated rings. The second-order valence-corrected chi connectivity index (χ2v) is 30.0. The molecule has 274 valence electrons. The fraction of sp³-hybridized carbons (Fsp3) is 1.00. The van der Waals surface area contributed by atoms with Crippen LogP contribution in [0.5, 0.6) is 0 Å². The van der Waals surface area contributed by atoms with Gasteiger partial charge in [0.25, 0.3) is 0 Å². The summed E-state index contributed by atoms with van der Waals surface area (Å²) >= 11 is -1.69. The van der Waals surface area contributed by atoms with Crippen LogP contribution in [0, 0.1) is 0 Å². The average Bonchev–Trinajstić information content (AvgIpc) is 3.05. The Morgan fingerprint density at radius 2 is 0.467 bits per heavy atom. The fourth-order valence-corrected chi connectivity index (χ4v) is 18.5. The van der Waals surface area contributed by atoms with Crippen LogP contribution in [0.3, 0.4) is 0 Å². The molecule has 0 aliphatic heterocycles. The number of hydrogen-bond donors (Lipinski definition) is 1. The number of unbranched alkanes of at least 4 members (excludes halogenated alkanes) is 27. The van der Waals surface area contributed by atoms with Crippen molar-refractivity contribution in [1.29, 1.82) is 0 Å². The SMILES string of the molecule is CCCCCCCCCCCCNCCCCCCCCCCCC.CCCCC[CH2][Sn]([CH3])([CH2]CCCCC)[CH2]CCCCC. The molecule has 45 heavy (non-hydrogen) atoms. The van der Waals surface area contributed by atoms with Crippen molar-refractivity contribution in [3.05, 3.63) is 0 Å². The van der Waals surface area contributed by atoms with Crippen molar-refractivity contribution in [2.75, 3.05) is 13.1 Å². The summed E-state index contributed by atoms with van der Waals surface area (Å²) in [5, 5.41) is 3.64. The van der Waals surface area contributed by atoms with E-state index in [4.69, 9.17) is 0 Å². The molecule has 0 amide bonds. The molecule has 0 radical (unpaired) electrons. The number of nitrogens with one attached hydrogen (secondary N) is 1. The first-order valence-electron chi connectivity index (χ1n) is 21.8. The molecule has 0 bridgehead atoms. The minimum atomic E-state index is -1.69. The van der Waals surface area contributed by atoms with Gasteiger partial charge in [0.2, 0.25) is 0 Å². The molecule has 0 saturated carbocycles. The zero-order chi connectivity index (χ0) is 33.4. The van der Waals surface area contributed by atoms with E-state index in [0.29, 0.717) is 0 Å². The third-order valence-electron chi connectivity index (χ3n) is 10.3. The van der Waals surface area contributed by atoms with Crippen LogP contribution in [0.15, 0.2) is 0 Å². The minimum absolute atomic E-state index is 1.24. The molecule has 0 spiro atoms. The van der Waals surface area contributed by atoms with Gasteiger partial charge in [-0.2, -0.15) is 0 Å². The van der Waals surface area contributed by atoms with Crippen molar-refractivity contribution in [3.63, 3.8) is 0 Å². The molecule has 2 heteroatoms. The second-order valence-electron chi connectivity index (χ2n) is 15.4. The van der Waals surface area contributed by atoms with Gasteiger partial charge >= 0.3 is 134 Å². The van der Waals surface area contributed by atoms with Crippen molar-refractivity contribution in [2.45, 2.75) is 258 Å². The van der Waals surface area contributed by atoms with Gasteiger partial charge in [-0.05, 0) is 25.9 Å². The van der Waals surface area contributed by atoms with Crippen LogP contribution < -0.4 is 5.32 Å². The topological polar surface area (TPSA) is 12.0 Å². The van der Waals surface area contributed by atoms with E-state index in [1.165, 1.54) is 199 Å². The third-order valence-corrected chi connectivity index (χ3v) is 23.7. The van der Waals surface area contributed by atoms with E-state index in [2.05, 4.69) is 44.9 Å². The average molecular weight is 743 g/mol. The Morgan fingerprint density at radius 1 is 0.267 bits per heavy atom. The summed E-state index contributed by atoms with van der Waals surface area (Å²) in [5.41, 5.74) is 0. The van der Waals surface area contributed by atoms with E-state index >= 15 is 0 Å². The van der Waals surface area contributed by atoms with Crippen LogP contribution in [0.1, 0.15) is 240 Å². The molecule has 0 aliphatic carbocycles. The van der Waals surface area contributed by atoms with Crippen molar-refractivity contribution in [3.8, 4) is 0 Å². The molecule has 0 aliphatic rings. The first-order valence-corrected chi connectivity index (χ1v) is 30.7. The number of rotatable bonds is 37. The summed E-state index contributed by atoms with van der Waals surface area (Å²) in [4.78, 5) is 2.79. The maximum atomic E-state index is 3.64. The van der Waals surface area contributed by atoms with Crippen LogP contribution >= 0.6 is 0 Å². The summed E-state index contributed by atoms with van der Waals surface area (Å²) in [6.07, 6.45) is 46.5. The Hall–Kier alpha value is 0.759. The van der Waals surface area contributed by atoms with Crippen LogP contribution in [0.4, 0.5) is 0 Å². The van der Waals surface area contributed by atoms with Crippen LogP contribution in [0.2, 0.25) is 18.2 Å². The number of hydrogen-bond acceptors (Lipinski definition) is 1. The zero-order valence-electron chi connectivity index (χ0n) is 33.2. The van der Waals surface area contributed by atoms with Gasteiger partial charge in [-0.1, -0.05) is 129 Å². The van der Waals surface area contributed by atoms with Gasteiger partial charge in [-0.15, -0.1) is 0 Å². The first-order chi connectivity index (χ1) is 22.1. The van der Waals surface area contributed by atoms with E-state index in [1.54, 1.807) is 32.6 Å². The Balaban J connectivity index is 0. The monoisotopic (exact) mass is 744 g/mol. The molecule has 0 rings (SSSR count). The predicted molar refractivity (Wildman–Crippen MR) is 215 cm³/mol. The molecular formula is C43H93NSn. The predicted octanol–water partition coefficient (Wildman–Crippen LogP) is 16.2. The van der Waals surface area contributed by atoms with E-state index in [9.17, 15) is 0 Å². The molecule has 0 heterocycles. The summed E-state index contributed by atoms with van der Waals surface area (Å²) in [6.45, 7) is 14.1. The van der Waals surface area contributed by atoms with Gasteiger partial charge < -0.3 is 5.32 Å². The van der Waals surface area contributed by atoms with Gasteiger partial charge in [-0.25, -0.2) is 0 Å². The normalized spacial score (nSPS) is 11.6. The maximum absolute atomic E-state index is 3.64. The Morgan fingerprint density at radius 3 is 0.711 bits per heavy atom. The Kier molecular flexibility index (Phi) is 45.5. The zero-order valence-corrected chi connectivity index (χ0v) is 36.0. The fourth-order valence-electron chi connectivity index (χ4n) is 6.91. The van der Waals surface area contributed by atoms with Crippen molar-refractivity contribution in [1.82, 2.24) is 5.32 Å². The third kappa shape index (κ3) is 42.7. The van der Waals surface area contributed by atoms with Gasteiger partial charge in [0.05, 0.1) is 0 Å². The molecule has 0 atom stereocenters.